The number of carboxylic acids is 1. The molecule has 0 aliphatic heterocycles. The highest BCUT2D eigenvalue weighted by atomic mass is 32.1. The van der Waals surface area contributed by atoms with Crippen LogP contribution < -0.4 is 14.8 Å². The standard InChI is InChI=1S/C21H16N4O6S/c1-30-16-7-13(21(26)27)15(8-17(16)31-2)24-19-18-14(9-32-20(18)23-10-22-19)11-4-3-5-12(6-11)25(28)29/h3-10H,1-2H3,(H,26,27)(H,22,23,24). The predicted octanol–water partition coefficient (Wildman–Crippen LogP) is 4.73. The first-order chi connectivity index (χ1) is 15.4. The summed E-state index contributed by atoms with van der Waals surface area (Å²) in [4.78, 5) is 31.8. The third-order valence-corrected chi connectivity index (χ3v) is 5.63. The molecule has 0 unspecified atom stereocenters. The SMILES string of the molecule is COc1cc(Nc2ncnc3scc(-c4cccc([N+](=O)[O-])c4)c23)c(C(=O)O)cc1OC. The van der Waals surface area contributed by atoms with Crippen LogP contribution in [0.3, 0.4) is 0 Å². The molecule has 0 fully saturated rings. The van der Waals surface area contributed by atoms with Crippen LogP contribution in [0.25, 0.3) is 21.3 Å². The van der Waals surface area contributed by atoms with Crippen LogP contribution in [-0.4, -0.2) is 40.2 Å². The number of carboxylic acid groups (broad SMARTS) is 1. The number of hydrogen-bond acceptors (Lipinski definition) is 9. The van der Waals surface area contributed by atoms with Gasteiger partial charge in [-0.2, -0.15) is 0 Å². The van der Waals surface area contributed by atoms with Crippen molar-refractivity contribution in [2.24, 2.45) is 0 Å². The van der Waals surface area contributed by atoms with E-state index in [1.165, 1.54) is 56.1 Å². The number of fused-ring (bicyclic) bond motifs is 1. The zero-order chi connectivity index (χ0) is 22.8. The highest BCUT2D eigenvalue weighted by Crippen LogP contribution is 2.40. The van der Waals surface area contributed by atoms with Crippen LogP contribution in [0.2, 0.25) is 0 Å². The van der Waals surface area contributed by atoms with Gasteiger partial charge in [0.25, 0.3) is 5.69 Å². The number of anilines is 2. The molecule has 2 aromatic heterocycles. The summed E-state index contributed by atoms with van der Waals surface area (Å²) in [6.45, 7) is 0. The number of non-ortho nitro benzene ring substituents is 1. The fourth-order valence-electron chi connectivity index (χ4n) is 3.26. The van der Waals surface area contributed by atoms with Crippen molar-refractivity contribution in [3.8, 4) is 22.6 Å². The largest absolute Gasteiger partial charge is 0.493 e. The van der Waals surface area contributed by atoms with E-state index in [1.807, 2.05) is 5.38 Å². The highest BCUT2D eigenvalue weighted by Gasteiger charge is 2.20. The number of nitro groups is 1. The van der Waals surface area contributed by atoms with Gasteiger partial charge >= 0.3 is 5.97 Å². The summed E-state index contributed by atoms with van der Waals surface area (Å²) in [5.41, 5.74) is 1.47. The van der Waals surface area contributed by atoms with Crippen molar-refractivity contribution < 1.29 is 24.3 Å². The number of hydrogen-bond donors (Lipinski definition) is 2. The molecule has 0 aliphatic rings. The normalized spacial score (nSPS) is 10.7. The number of rotatable bonds is 7. The molecule has 32 heavy (non-hydrogen) atoms. The number of benzene rings is 2. The van der Waals surface area contributed by atoms with Crippen LogP contribution in [0.4, 0.5) is 17.2 Å². The lowest BCUT2D eigenvalue weighted by atomic mass is 10.1. The van der Waals surface area contributed by atoms with E-state index in [0.717, 1.165) is 0 Å². The van der Waals surface area contributed by atoms with E-state index in [1.54, 1.807) is 12.1 Å². The summed E-state index contributed by atoms with van der Waals surface area (Å²) in [5.74, 6) is -0.193. The first kappa shape index (κ1) is 21.0. The number of carbonyl (C=O) groups is 1. The molecular weight excluding hydrogens is 436 g/mol. The summed E-state index contributed by atoms with van der Waals surface area (Å²) < 4.78 is 10.5. The maximum atomic E-state index is 11.9. The molecule has 10 nitrogen and oxygen atoms in total. The molecule has 0 bridgehead atoms. The van der Waals surface area contributed by atoms with E-state index in [4.69, 9.17) is 9.47 Å². The molecular formula is C21H16N4O6S. The molecule has 4 rings (SSSR count). The Kier molecular flexibility index (Phi) is 5.56. The number of nitrogens with one attached hydrogen (secondary N) is 1. The Labute approximate surface area is 185 Å². The Balaban J connectivity index is 1.87. The van der Waals surface area contributed by atoms with Crippen molar-refractivity contribution in [3.05, 3.63) is 63.8 Å². The monoisotopic (exact) mass is 452 g/mol. The van der Waals surface area contributed by atoms with Gasteiger partial charge in [-0.1, -0.05) is 12.1 Å². The van der Waals surface area contributed by atoms with E-state index in [9.17, 15) is 20.0 Å². The van der Waals surface area contributed by atoms with Gasteiger partial charge in [0.05, 0.1) is 35.8 Å². The number of methoxy groups -OCH3 is 2. The maximum Gasteiger partial charge on any atom is 0.337 e. The van der Waals surface area contributed by atoms with E-state index >= 15 is 0 Å². The second kappa shape index (κ2) is 8.47. The van der Waals surface area contributed by atoms with Crippen molar-refractivity contribution in [1.82, 2.24) is 9.97 Å². The Morgan fingerprint density at radius 3 is 2.59 bits per heavy atom. The van der Waals surface area contributed by atoms with Crippen LogP contribution in [0.1, 0.15) is 10.4 Å². The quantitative estimate of drug-likeness (QED) is 0.301. The lowest BCUT2D eigenvalue weighted by Crippen LogP contribution is -2.06. The van der Waals surface area contributed by atoms with Gasteiger partial charge in [0.15, 0.2) is 11.5 Å². The summed E-state index contributed by atoms with van der Waals surface area (Å²) in [6.07, 6.45) is 1.36. The van der Waals surface area contributed by atoms with Crippen LogP contribution in [0, 0.1) is 10.1 Å². The second-order valence-corrected chi connectivity index (χ2v) is 7.40. The Morgan fingerprint density at radius 1 is 1.16 bits per heavy atom. The van der Waals surface area contributed by atoms with E-state index in [0.29, 0.717) is 32.9 Å². The topological polar surface area (TPSA) is 137 Å². The average molecular weight is 452 g/mol. The van der Waals surface area contributed by atoms with Gasteiger partial charge in [-0.25, -0.2) is 14.8 Å². The molecule has 11 heteroatoms. The molecule has 162 valence electrons. The molecule has 0 radical (unpaired) electrons. The number of aromatic nitrogens is 2. The van der Waals surface area contributed by atoms with Crippen LogP contribution in [0.15, 0.2) is 48.1 Å². The number of nitrogens with zero attached hydrogens (tertiary/aromatic N) is 3. The molecule has 2 N–H and O–H groups in total. The molecule has 0 atom stereocenters. The van der Waals surface area contributed by atoms with Gasteiger partial charge in [0.1, 0.15) is 17.0 Å². The molecule has 4 aromatic rings. The molecule has 2 aromatic carbocycles. The van der Waals surface area contributed by atoms with Gasteiger partial charge in [-0.3, -0.25) is 10.1 Å². The van der Waals surface area contributed by atoms with Gasteiger partial charge in [0.2, 0.25) is 0 Å². The van der Waals surface area contributed by atoms with Crippen molar-refractivity contribution in [2.45, 2.75) is 0 Å². The average Bonchev–Trinajstić information content (AvgIpc) is 3.24. The molecule has 0 saturated carbocycles. The predicted molar refractivity (Wildman–Crippen MR) is 119 cm³/mol. The van der Waals surface area contributed by atoms with Gasteiger partial charge < -0.3 is 19.9 Å². The van der Waals surface area contributed by atoms with Crippen molar-refractivity contribution in [1.29, 1.82) is 0 Å². The molecule has 2 heterocycles. The highest BCUT2D eigenvalue weighted by molar-refractivity contribution is 7.17. The minimum absolute atomic E-state index is 0.0402. The van der Waals surface area contributed by atoms with Crippen molar-refractivity contribution >= 4 is 44.7 Å². The second-order valence-electron chi connectivity index (χ2n) is 6.54. The first-order valence-corrected chi connectivity index (χ1v) is 10.0. The lowest BCUT2D eigenvalue weighted by Gasteiger charge is -2.15. The molecule has 0 spiro atoms. The van der Waals surface area contributed by atoms with Gasteiger partial charge in [0, 0.05) is 35.2 Å². The van der Waals surface area contributed by atoms with Crippen LogP contribution >= 0.6 is 11.3 Å². The zero-order valence-electron chi connectivity index (χ0n) is 16.9. The fraction of sp³-hybridized carbons (Fsp3) is 0.0952. The summed E-state index contributed by atoms with van der Waals surface area (Å²) in [7, 11) is 2.87. The Hall–Kier alpha value is -4.25. The smallest absolute Gasteiger partial charge is 0.337 e. The van der Waals surface area contributed by atoms with Gasteiger partial charge in [-0.05, 0) is 5.56 Å². The molecule has 0 aliphatic carbocycles. The fourth-order valence-corrected chi connectivity index (χ4v) is 4.17. The lowest BCUT2D eigenvalue weighted by molar-refractivity contribution is -0.384. The third kappa shape index (κ3) is 3.76. The summed E-state index contributed by atoms with van der Waals surface area (Å²) in [6, 6.07) is 9.11. The number of aromatic carboxylic acids is 1. The van der Waals surface area contributed by atoms with Crippen molar-refractivity contribution in [2.75, 3.05) is 19.5 Å². The first-order valence-electron chi connectivity index (χ1n) is 9.16. The molecule has 0 saturated heterocycles. The van der Waals surface area contributed by atoms with E-state index < -0.39 is 10.9 Å². The number of ether oxygens (including phenoxy) is 2. The Bertz CT molecular complexity index is 1350. The minimum Gasteiger partial charge on any atom is -0.493 e. The minimum atomic E-state index is -1.16. The van der Waals surface area contributed by atoms with Crippen molar-refractivity contribution in [3.63, 3.8) is 0 Å². The Morgan fingerprint density at radius 2 is 1.91 bits per heavy atom. The third-order valence-electron chi connectivity index (χ3n) is 4.75. The maximum absolute atomic E-state index is 11.9. The zero-order valence-corrected chi connectivity index (χ0v) is 17.7. The summed E-state index contributed by atoms with van der Waals surface area (Å²) >= 11 is 1.35. The van der Waals surface area contributed by atoms with Gasteiger partial charge in [-0.15, -0.1) is 11.3 Å². The van der Waals surface area contributed by atoms with Crippen LogP contribution in [-0.2, 0) is 0 Å². The van der Waals surface area contributed by atoms with Crippen LogP contribution in [0.5, 0.6) is 11.5 Å². The van der Waals surface area contributed by atoms with E-state index in [2.05, 4.69) is 15.3 Å². The molecule has 0 amide bonds. The van der Waals surface area contributed by atoms with E-state index in [-0.39, 0.29) is 22.7 Å². The summed E-state index contributed by atoms with van der Waals surface area (Å²) in [5, 5.41) is 26.4. The number of thiophene rings is 1. The number of nitro benzene ring substituents is 1.